The number of hydrogen-bond donors (Lipinski definition) is 1. The van der Waals surface area contributed by atoms with Gasteiger partial charge in [-0.1, -0.05) is 0 Å². The van der Waals surface area contributed by atoms with Crippen LogP contribution in [0.4, 0.5) is 11.5 Å². The lowest BCUT2D eigenvalue weighted by Crippen LogP contribution is -2.44. The van der Waals surface area contributed by atoms with Crippen LogP contribution in [0.2, 0.25) is 0 Å². The smallest absolute Gasteiger partial charge is 0.274 e. The number of piperidine rings is 1. The highest BCUT2D eigenvalue weighted by Crippen LogP contribution is 2.20. The monoisotopic (exact) mass is 236 g/mol. The molecule has 0 bridgehead atoms. The Labute approximate surface area is 99.8 Å². The van der Waals surface area contributed by atoms with Crippen LogP contribution in [-0.2, 0) is 0 Å². The van der Waals surface area contributed by atoms with Gasteiger partial charge in [0, 0.05) is 31.9 Å². The summed E-state index contributed by atoms with van der Waals surface area (Å²) in [6.07, 6.45) is 3.71. The van der Waals surface area contributed by atoms with E-state index in [1.54, 1.807) is 0 Å². The first kappa shape index (κ1) is 11.8. The van der Waals surface area contributed by atoms with Crippen LogP contribution in [0.3, 0.4) is 0 Å². The minimum absolute atomic E-state index is 0.0885. The van der Waals surface area contributed by atoms with E-state index in [1.165, 1.54) is 18.3 Å². The molecule has 92 valence electrons. The molecular formula is C11H16N4O2. The molecule has 0 aliphatic carbocycles. The number of aromatic nitrogens is 1. The molecule has 1 aromatic heterocycles. The fourth-order valence-corrected chi connectivity index (χ4v) is 2.07. The summed E-state index contributed by atoms with van der Waals surface area (Å²) in [4.78, 5) is 16.5. The topological polar surface area (TPSA) is 71.3 Å². The van der Waals surface area contributed by atoms with Gasteiger partial charge in [0.2, 0.25) is 0 Å². The maximum atomic E-state index is 10.7. The van der Waals surface area contributed by atoms with Gasteiger partial charge in [0.1, 0.15) is 5.82 Å². The van der Waals surface area contributed by atoms with E-state index in [0.717, 1.165) is 25.9 Å². The van der Waals surface area contributed by atoms with Gasteiger partial charge >= 0.3 is 0 Å². The molecule has 1 saturated heterocycles. The first-order valence-electron chi connectivity index (χ1n) is 5.72. The van der Waals surface area contributed by atoms with Crippen molar-refractivity contribution in [3.05, 3.63) is 28.4 Å². The van der Waals surface area contributed by atoms with Crippen molar-refractivity contribution in [3.8, 4) is 0 Å². The van der Waals surface area contributed by atoms with Crippen LogP contribution in [0.5, 0.6) is 0 Å². The van der Waals surface area contributed by atoms with Gasteiger partial charge in [0.25, 0.3) is 5.69 Å². The number of nitrogens with one attached hydrogen (secondary N) is 1. The zero-order valence-corrected chi connectivity index (χ0v) is 9.80. The van der Waals surface area contributed by atoms with Gasteiger partial charge in [-0.3, -0.25) is 10.1 Å². The van der Waals surface area contributed by atoms with Gasteiger partial charge < -0.3 is 10.2 Å². The molecule has 1 atom stereocenters. The Morgan fingerprint density at radius 1 is 1.65 bits per heavy atom. The molecule has 0 radical (unpaired) electrons. The predicted molar refractivity (Wildman–Crippen MR) is 65.2 cm³/mol. The molecule has 1 unspecified atom stereocenters. The third-order valence-electron chi connectivity index (χ3n) is 3.12. The Balaban J connectivity index is 2.14. The van der Waals surface area contributed by atoms with Gasteiger partial charge in [-0.25, -0.2) is 4.98 Å². The molecule has 1 aromatic rings. The molecule has 1 fully saturated rings. The first-order valence-corrected chi connectivity index (χ1v) is 5.72. The largest absolute Gasteiger partial charge is 0.355 e. The van der Waals surface area contributed by atoms with E-state index in [2.05, 4.69) is 10.3 Å². The normalized spacial score (nSPS) is 19.9. The zero-order chi connectivity index (χ0) is 12.3. The van der Waals surface area contributed by atoms with Crippen molar-refractivity contribution in [3.63, 3.8) is 0 Å². The number of anilines is 1. The minimum atomic E-state index is -0.391. The lowest BCUT2D eigenvalue weighted by atomic mass is 10.1. The van der Waals surface area contributed by atoms with Gasteiger partial charge in [0.15, 0.2) is 0 Å². The van der Waals surface area contributed by atoms with E-state index in [4.69, 9.17) is 0 Å². The summed E-state index contributed by atoms with van der Waals surface area (Å²) in [5, 5.41) is 14.0. The van der Waals surface area contributed by atoms with Crippen molar-refractivity contribution in [2.24, 2.45) is 0 Å². The van der Waals surface area contributed by atoms with Crippen LogP contribution in [0.15, 0.2) is 18.3 Å². The van der Waals surface area contributed by atoms with Crippen molar-refractivity contribution < 1.29 is 4.92 Å². The fraction of sp³-hybridized carbons (Fsp3) is 0.545. The van der Waals surface area contributed by atoms with E-state index in [9.17, 15) is 10.1 Å². The molecule has 0 saturated carbocycles. The second-order valence-electron chi connectivity index (χ2n) is 4.24. The second-order valence-corrected chi connectivity index (χ2v) is 4.24. The number of nitro groups is 1. The molecule has 17 heavy (non-hydrogen) atoms. The highest BCUT2D eigenvalue weighted by Gasteiger charge is 2.20. The number of pyridine rings is 1. The van der Waals surface area contributed by atoms with E-state index in [0.29, 0.717) is 11.9 Å². The Kier molecular flexibility index (Phi) is 3.53. The van der Waals surface area contributed by atoms with Crippen LogP contribution in [0.25, 0.3) is 0 Å². The Morgan fingerprint density at radius 3 is 3.12 bits per heavy atom. The van der Waals surface area contributed by atoms with Gasteiger partial charge in [-0.05, 0) is 19.4 Å². The first-order chi connectivity index (χ1) is 8.18. The fourth-order valence-electron chi connectivity index (χ4n) is 2.07. The minimum Gasteiger partial charge on any atom is -0.355 e. The summed E-state index contributed by atoms with van der Waals surface area (Å²) >= 11 is 0. The van der Waals surface area contributed by atoms with Gasteiger partial charge in [0.05, 0.1) is 11.0 Å². The maximum absolute atomic E-state index is 10.7. The molecule has 1 N–H and O–H groups in total. The van der Waals surface area contributed by atoms with Crippen molar-refractivity contribution in [1.29, 1.82) is 0 Å². The van der Waals surface area contributed by atoms with Crippen molar-refractivity contribution in [1.82, 2.24) is 10.3 Å². The summed E-state index contributed by atoms with van der Waals surface area (Å²) in [6.45, 7) is 1.95. The quantitative estimate of drug-likeness (QED) is 0.630. The summed E-state index contributed by atoms with van der Waals surface area (Å²) in [7, 11) is 1.93. The van der Waals surface area contributed by atoms with Crippen LogP contribution in [-0.4, -0.2) is 36.1 Å². The number of rotatable bonds is 3. The Hall–Kier alpha value is -1.69. The SMILES string of the molecule is CN(c1cc([N+](=O)[O-])ccn1)C1CCCNC1. The van der Waals surface area contributed by atoms with Crippen molar-refractivity contribution in [2.45, 2.75) is 18.9 Å². The molecular weight excluding hydrogens is 220 g/mol. The lowest BCUT2D eigenvalue weighted by molar-refractivity contribution is -0.384. The van der Waals surface area contributed by atoms with Gasteiger partial charge in [-0.2, -0.15) is 0 Å². The predicted octanol–water partition coefficient (Wildman–Crippen LogP) is 1.18. The van der Waals surface area contributed by atoms with Crippen molar-refractivity contribution >= 4 is 11.5 Å². The van der Waals surface area contributed by atoms with E-state index in [-0.39, 0.29) is 5.69 Å². The third kappa shape index (κ3) is 2.71. The standard InChI is InChI=1S/C11H16N4O2/c1-14(10-3-2-5-12-8-10)11-7-9(15(16)17)4-6-13-11/h4,6-7,10,12H,2-3,5,8H2,1H3. The Bertz CT molecular complexity index is 404. The molecule has 6 heteroatoms. The van der Waals surface area contributed by atoms with E-state index in [1.807, 2.05) is 11.9 Å². The van der Waals surface area contributed by atoms with Crippen molar-refractivity contribution in [2.75, 3.05) is 25.0 Å². The number of hydrogen-bond acceptors (Lipinski definition) is 5. The zero-order valence-electron chi connectivity index (χ0n) is 9.80. The molecule has 2 rings (SSSR count). The lowest BCUT2D eigenvalue weighted by Gasteiger charge is -2.32. The van der Waals surface area contributed by atoms with Gasteiger partial charge in [-0.15, -0.1) is 0 Å². The summed E-state index contributed by atoms with van der Waals surface area (Å²) in [5.41, 5.74) is 0.0885. The summed E-state index contributed by atoms with van der Waals surface area (Å²) < 4.78 is 0. The highest BCUT2D eigenvalue weighted by atomic mass is 16.6. The van der Waals surface area contributed by atoms with Crippen LogP contribution in [0, 0.1) is 10.1 Å². The second kappa shape index (κ2) is 5.09. The number of likely N-dealkylation sites (N-methyl/N-ethyl adjacent to an activating group) is 1. The molecule has 1 aliphatic heterocycles. The summed E-state index contributed by atoms with van der Waals surface area (Å²) in [6, 6.07) is 3.30. The van der Waals surface area contributed by atoms with Crippen LogP contribution >= 0.6 is 0 Å². The Morgan fingerprint density at radius 2 is 2.47 bits per heavy atom. The molecule has 1 aliphatic rings. The van der Waals surface area contributed by atoms with E-state index < -0.39 is 4.92 Å². The van der Waals surface area contributed by atoms with Crippen LogP contribution < -0.4 is 10.2 Å². The average molecular weight is 236 g/mol. The van der Waals surface area contributed by atoms with Crippen LogP contribution in [0.1, 0.15) is 12.8 Å². The molecule has 6 nitrogen and oxygen atoms in total. The molecule has 0 spiro atoms. The highest BCUT2D eigenvalue weighted by molar-refractivity contribution is 5.46. The number of nitrogens with zero attached hydrogens (tertiary/aromatic N) is 3. The molecule has 0 aromatic carbocycles. The third-order valence-corrected chi connectivity index (χ3v) is 3.12. The molecule has 0 amide bonds. The molecule has 2 heterocycles. The summed E-state index contributed by atoms with van der Waals surface area (Å²) in [5.74, 6) is 0.660. The average Bonchev–Trinajstić information content (AvgIpc) is 2.39. The van der Waals surface area contributed by atoms with E-state index >= 15 is 0 Å². The maximum Gasteiger partial charge on any atom is 0.274 e.